The van der Waals surface area contributed by atoms with E-state index in [0.29, 0.717) is 17.2 Å². The van der Waals surface area contributed by atoms with Crippen molar-refractivity contribution in [1.82, 2.24) is 9.97 Å². The normalized spacial score (nSPS) is 13.9. The van der Waals surface area contributed by atoms with Crippen LogP contribution in [0.15, 0.2) is 57.7 Å². The van der Waals surface area contributed by atoms with Crippen LogP contribution < -0.4 is 10.9 Å². The summed E-state index contributed by atoms with van der Waals surface area (Å²) in [6.07, 6.45) is 2.25. The maximum atomic E-state index is 12.4. The van der Waals surface area contributed by atoms with E-state index < -0.39 is 0 Å². The Morgan fingerprint density at radius 3 is 2.89 bits per heavy atom. The number of H-pyrrole nitrogens is 1. The van der Waals surface area contributed by atoms with Gasteiger partial charge in [0.25, 0.3) is 5.56 Å². The Labute approximate surface area is 154 Å². The van der Waals surface area contributed by atoms with Gasteiger partial charge in [-0.3, -0.25) is 9.59 Å². The number of aromatic nitrogens is 2. The van der Waals surface area contributed by atoms with Crippen LogP contribution in [0.3, 0.4) is 0 Å². The number of oxazole rings is 1. The molecule has 1 saturated carbocycles. The maximum Gasteiger partial charge on any atom is 0.252 e. The van der Waals surface area contributed by atoms with Crippen LogP contribution in [0.5, 0.6) is 0 Å². The molecule has 0 spiro atoms. The molecule has 0 unspecified atom stereocenters. The standard InChI is InChI=1S/C21H17N3O3/c25-19(10-14-9-13-3-1-2-4-16(13)23-20(14)26)22-15-7-8-18-17(11-15)24-21(27-18)12-5-6-12/h1-4,7-9,11-12H,5-6,10H2,(H,22,25)(H,23,26). The van der Waals surface area contributed by atoms with Gasteiger partial charge in [0.1, 0.15) is 5.52 Å². The first-order valence-corrected chi connectivity index (χ1v) is 8.97. The summed E-state index contributed by atoms with van der Waals surface area (Å²) in [6.45, 7) is 0. The van der Waals surface area contributed by atoms with Gasteiger partial charge in [-0.25, -0.2) is 4.98 Å². The van der Waals surface area contributed by atoms with E-state index in [-0.39, 0.29) is 17.9 Å². The van der Waals surface area contributed by atoms with E-state index in [4.69, 9.17) is 4.42 Å². The summed E-state index contributed by atoms with van der Waals surface area (Å²) in [5, 5.41) is 3.74. The smallest absolute Gasteiger partial charge is 0.252 e. The molecule has 2 aromatic heterocycles. The monoisotopic (exact) mass is 359 g/mol. The number of amides is 1. The minimum atomic E-state index is -0.249. The zero-order valence-corrected chi connectivity index (χ0v) is 14.5. The van der Waals surface area contributed by atoms with Crippen molar-refractivity contribution in [1.29, 1.82) is 0 Å². The number of carbonyl (C=O) groups excluding carboxylic acids is 1. The molecule has 1 aliphatic carbocycles. The van der Waals surface area contributed by atoms with E-state index in [1.165, 1.54) is 0 Å². The predicted octanol–water partition coefficient (Wildman–Crippen LogP) is 3.73. The van der Waals surface area contributed by atoms with Gasteiger partial charge >= 0.3 is 0 Å². The van der Waals surface area contributed by atoms with E-state index >= 15 is 0 Å². The van der Waals surface area contributed by atoms with Crippen molar-refractivity contribution in [3.8, 4) is 0 Å². The fourth-order valence-electron chi connectivity index (χ4n) is 3.23. The molecule has 2 aromatic carbocycles. The Bertz CT molecular complexity index is 1230. The predicted molar refractivity (Wildman–Crippen MR) is 103 cm³/mol. The Hall–Kier alpha value is -3.41. The molecule has 6 heteroatoms. The first-order chi connectivity index (χ1) is 13.2. The average Bonchev–Trinajstić information content (AvgIpc) is 3.42. The van der Waals surface area contributed by atoms with E-state index in [9.17, 15) is 9.59 Å². The molecule has 2 N–H and O–H groups in total. The minimum Gasteiger partial charge on any atom is -0.440 e. The number of fused-ring (bicyclic) bond motifs is 2. The minimum absolute atomic E-state index is 0.00431. The topological polar surface area (TPSA) is 88.0 Å². The van der Waals surface area contributed by atoms with Crippen molar-refractivity contribution >= 4 is 33.6 Å². The van der Waals surface area contributed by atoms with Crippen LogP contribution in [0.2, 0.25) is 0 Å². The summed E-state index contributed by atoms with van der Waals surface area (Å²) in [5.74, 6) is 0.965. The third-order valence-electron chi connectivity index (χ3n) is 4.80. The fourth-order valence-corrected chi connectivity index (χ4v) is 3.23. The third-order valence-corrected chi connectivity index (χ3v) is 4.80. The van der Waals surface area contributed by atoms with Gasteiger partial charge < -0.3 is 14.7 Å². The van der Waals surface area contributed by atoms with Gasteiger partial charge in [0, 0.05) is 22.7 Å². The van der Waals surface area contributed by atoms with Gasteiger partial charge in [-0.05, 0) is 48.6 Å². The van der Waals surface area contributed by atoms with Crippen molar-refractivity contribution < 1.29 is 9.21 Å². The van der Waals surface area contributed by atoms with E-state index in [1.807, 2.05) is 30.3 Å². The highest BCUT2D eigenvalue weighted by atomic mass is 16.3. The van der Waals surface area contributed by atoms with Gasteiger partial charge in [0.05, 0.1) is 6.42 Å². The van der Waals surface area contributed by atoms with Crippen LogP contribution in [-0.2, 0) is 11.2 Å². The molecule has 0 bridgehead atoms. The summed E-state index contributed by atoms with van der Waals surface area (Å²) in [7, 11) is 0. The van der Waals surface area contributed by atoms with Crippen LogP contribution >= 0.6 is 0 Å². The van der Waals surface area contributed by atoms with Gasteiger partial charge in [0.2, 0.25) is 5.91 Å². The zero-order chi connectivity index (χ0) is 18.4. The highest BCUT2D eigenvalue weighted by molar-refractivity contribution is 5.94. The molecule has 4 aromatic rings. The Morgan fingerprint density at radius 2 is 2.04 bits per heavy atom. The first-order valence-electron chi connectivity index (χ1n) is 8.97. The molecular weight excluding hydrogens is 342 g/mol. The van der Waals surface area contributed by atoms with Crippen molar-refractivity contribution in [3.63, 3.8) is 0 Å². The molecule has 5 rings (SSSR count). The molecule has 0 aliphatic heterocycles. The highest BCUT2D eigenvalue weighted by Crippen LogP contribution is 2.40. The second-order valence-corrected chi connectivity index (χ2v) is 6.94. The van der Waals surface area contributed by atoms with E-state index in [0.717, 1.165) is 40.7 Å². The number of rotatable bonds is 4. The molecule has 0 atom stereocenters. The quantitative estimate of drug-likeness (QED) is 0.581. The van der Waals surface area contributed by atoms with Crippen molar-refractivity contribution in [2.45, 2.75) is 25.2 Å². The molecule has 1 aliphatic rings. The van der Waals surface area contributed by atoms with Crippen LogP contribution in [0.1, 0.15) is 30.2 Å². The summed E-state index contributed by atoms with van der Waals surface area (Å²) in [6, 6.07) is 14.7. The molecule has 1 amide bonds. The molecule has 6 nitrogen and oxygen atoms in total. The summed E-state index contributed by atoms with van der Waals surface area (Å²) in [5.41, 5.74) is 3.05. The average molecular weight is 359 g/mol. The fraction of sp³-hybridized carbons (Fsp3) is 0.190. The number of para-hydroxylation sites is 1. The van der Waals surface area contributed by atoms with Crippen LogP contribution in [-0.4, -0.2) is 15.9 Å². The number of hydrogen-bond acceptors (Lipinski definition) is 4. The lowest BCUT2D eigenvalue weighted by Gasteiger charge is -2.06. The number of nitrogens with one attached hydrogen (secondary N) is 2. The van der Waals surface area contributed by atoms with Gasteiger partial charge in [-0.2, -0.15) is 0 Å². The maximum absolute atomic E-state index is 12.4. The first kappa shape index (κ1) is 15.8. The third kappa shape index (κ3) is 3.10. The number of aromatic amines is 1. The SMILES string of the molecule is O=C(Cc1cc2ccccc2[nH]c1=O)Nc1ccc2oc(C3CC3)nc2c1. The Kier molecular flexibility index (Phi) is 3.57. The molecule has 134 valence electrons. The van der Waals surface area contributed by atoms with Crippen LogP contribution in [0.25, 0.3) is 22.0 Å². The van der Waals surface area contributed by atoms with Gasteiger partial charge in [-0.15, -0.1) is 0 Å². The van der Waals surface area contributed by atoms with E-state index in [1.54, 1.807) is 18.2 Å². The number of hydrogen-bond donors (Lipinski definition) is 2. The van der Waals surface area contributed by atoms with Crippen molar-refractivity contribution in [2.24, 2.45) is 0 Å². The van der Waals surface area contributed by atoms with Gasteiger partial charge in [0.15, 0.2) is 11.5 Å². The molecular formula is C21H17N3O3. The van der Waals surface area contributed by atoms with Crippen LogP contribution in [0, 0.1) is 0 Å². The lowest BCUT2D eigenvalue weighted by molar-refractivity contribution is -0.115. The summed E-state index contributed by atoms with van der Waals surface area (Å²) < 4.78 is 5.73. The number of benzene rings is 2. The molecule has 2 heterocycles. The van der Waals surface area contributed by atoms with Gasteiger partial charge in [-0.1, -0.05) is 18.2 Å². The molecule has 27 heavy (non-hydrogen) atoms. The zero-order valence-electron chi connectivity index (χ0n) is 14.5. The van der Waals surface area contributed by atoms with E-state index in [2.05, 4.69) is 15.3 Å². The second-order valence-electron chi connectivity index (χ2n) is 6.94. The number of carbonyl (C=O) groups is 1. The lowest BCUT2D eigenvalue weighted by Crippen LogP contribution is -2.21. The summed E-state index contributed by atoms with van der Waals surface area (Å²) in [4.78, 5) is 31.9. The second kappa shape index (κ2) is 6.09. The molecule has 0 radical (unpaired) electrons. The Balaban J connectivity index is 1.36. The van der Waals surface area contributed by atoms with Crippen LogP contribution in [0.4, 0.5) is 5.69 Å². The molecule has 0 saturated heterocycles. The lowest BCUT2D eigenvalue weighted by atomic mass is 10.1. The number of anilines is 1. The van der Waals surface area contributed by atoms with Crippen molar-refractivity contribution in [3.05, 3.63) is 70.3 Å². The largest absolute Gasteiger partial charge is 0.440 e. The number of nitrogens with zero attached hydrogens (tertiary/aromatic N) is 1. The summed E-state index contributed by atoms with van der Waals surface area (Å²) >= 11 is 0. The highest BCUT2D eigenvalue weighted by Gasteiger charge is 2.28. The molecule has 1 fully saturated rings. The van der Waals surface area contributed by atoms with Crippen molar-refractivity contribution in [2.75, 3.05) is 5.32 Å². The number of pyridine rings is 1. The Morgan fingerprint density at radius 1 is 1.19 bits per heavy atom.